The first-order valence-corrected chi connectivity index (χ1v) is 9.20. The third-order valence-corrected chi connectivity index (χ3v) is 5.06. The van der Waals surface area contributed by atoms with Crippen molar-refractivity contribution in [3.8, 4) is 0 Å². The Kier molecular flexibility index (Phi) is 6.39. The molecule has 0 saturated carbocycles. The third kappa shape index (κ3) is 4.69. The maximum Gasteiger partial charge on any atom is 0.222 e. The number of amides is 1. The molecule has 3 rings (SSSR count). The number of nitrogens with zero attached hydrogens (tertiary/aromatic N) is 3. The molecule has 0 N–H and O–H groups in total. The first-order chi connectivity index (χ1) is 12.7. The van der Waals surface area contributed by atoms with Crippen LogP contribution in [0.1, 0.15) is 31.2 Å². The number of halogens is 1. The molecule has 0 spiro atoms. The van der Waals surface area contributed by atoms with E-state index in [1.165, 1.54) is 12.1 Å². The van der Waals surface area contributed by atoms with Gasteiger partial charge in [-0.25, -0.2) is 9.37 Å². The Hall–Kier alpha value is -2.21. The number of imidazole rings is 1. The molecule has 0 aliphatic carbocycles. The van der Waals surface area contributed by atoms with E-state index in [1.54, 1.807) is 31.8 Å². The number of methoxy groups -OCH3 is 1. The van der Waals surface area contributed by atoms with Crippen LogP contribution in [-0.2, 0) is 22.5 Å². The highest BCUT2D eigenvalue weighted by Crippen LogP contribution is 2.24. The topological polar surface area (TPSA) is 47.4 Å². The van der Waals surface area contributed by atoms with Gasteiger partial charge in [0.05, 0.1) is 18.5 Å². The second-order valence-corrected chi connectivity index (χ2v) is 6.81. The molecule has 140 valence electrons. The highest BCUT2D eigenvalue weighted by atomic mass is 19.1. The minimum Gasteiger partial charge on any atom is -0.379 e. The molecule has 0 bridgehead atoms. The molecular weight excluding hydrogens is 333 g/mol. The first kappa shape index (κ1) is 18.6. The molecule has 1 aliphatic heterocycles. The van der Waals surface area contributed by atoms with Crippen molar-refractivity contribution in [2.75, 3.05) is 13.7 Å². The number of piperidine rings is 1. The molecule has 2 atom stereocenters. The van der Waals surface area contributed by atoms with Crippen LogP contribution in [0, 0.1) is 5.82 Å². The summed E-state index contributed by atoms with van der Waals surface area (Å²) in [7, 11) is 1.70. The van der Waals surface area contributed by atoms with Crippen LogP contribution in [0.2, 0.25) is 0 Å². The Morgan fingerprint density at radius 2 is 2.15 bits per heavy atom. The van der Waals surface area contributed by atoms with Crippen LogP contribution in [0.4, 0.5) is 4.39 Å². The van der Waals surface area contributed by atoms with Crippen LogP contribution < -0.4 is 0 Å². The van der Waals surface area contributed by atoms with E-state index in [2.05, 4.69) is 4.98 Å². The van der Waals surface area contributed by atoms with Crippen molar-refractivity contribution in [1.29, 1.82) is 0 Å². The summed E-state index contributed by atoms with van der Waals surface area (Å²) in [5.74, 6) is -0.0768. The highest BCUT2D eigenvalue weighted by Gasteiger charge is 2.34. The minimum atomic E-state index is -0.242. The van der Waals surface area contributed by atoms with Gasteiger partial charge in [-0.3, -0.25) is 4.79 Å². The van der Waals surface area contributed by atoms with Crippen LogP contribution >= 0.6 is 0 Å². The molecular formula is C20H26FN3O2. The summed E-state index contributed by atoms with van der Waals surface area (Å²) < 4.78 is 20.8. The third-order valence-electron chi connectivity index (χ3n) is 5.06. The number of ether oxygens (including phenoxy) is 1. The lowest BCUT2D eigenvalue weighted by Gasteiger charge is -2.41. The summed E-state index contributed by atoms with van der Waals surface area (Å²) in [5, 5.41) is 0. The molecule has 1 fully saturated rings. The van der Waals surface area contributed by atoms with Gasteiger partial charge in [-0.2, -0.15) is 0 Å². The van der Waals surface area contributed by atoms with Gasteiger partial charge in [-0.1, -0.05) is 12.1 Å². The Morgan fingerprint density at radius 3 is 2.85 bits per heavy atom. The smallest absolute Gasteiger partial charge is 0.222 e. The zero-order valence-corrected chi connectivity index (χ0v) is 15.2. The van der Waals surface area contributed by atoms with Gasteiger partial charge in [-0.15, -0.1) is 0 Å². The monoisotopic (exact) mass is 359 g/mol. The van der Waals surface area contributed by atoms with Crippen molar-refractivity contribution in [2.45, 2.75) is 50.8 Å². The van der Waals surface area contributed by atoms with Gasteiger partial charge in [0, 0.05) is 39.0 Å². The summed E-state index contributed by atoms with van der Waals surface area (Å²) in [4.78, 5) is 18.8. The first-order valence-electron chi connectivity index (χ1n) is 9.20. The second kappa shape index (κ2) is 8.94. The quantitative estimate of drug-likeness (QED) is 0.763. The summed E-state index contributed by atoms with van der Waals surface area (Å²) in [6, 6.07) is 6.52. The average molecular weight is 359 g/mol. The van der Waals surface area contributed by atoms with Crippen molar-refractivity contribution in [3.05, 3.63) is 54.4 Å². The van der Waals surface area contributed by atoms with Gasteiger partial charge in [0.2, 0.25) is 5.91 Å². The van der Waals surface area contributed by atoms with Gasteiger partial charge in [0.1, 0.15) is 5.82 Å². The fourth-order valence-electron chi connectivity index (χ4n) is 3.69. The molecule has 5 nitrogen and oxygen atoms in total. The summed E-state index contributed by atoms with van der Waals surface area (Å²) in [6.45, 7) is 1.55. The van der Waals surface area contributed by atoms with Crippen LogP contribution in [0.15, 0.2) is 43.0 Å². The molecule has 1 aliphatic rings. The lowest BCUT2D eigenvalue weighted by Crippen LogP contribution is -2.52. The Labute approximate surface area is 153 Å². The van der Waals surface area contributed by atoms with Crippen molar-refractivity contribution < 1.29 is 13.9 Å². The van der Waals surface area contributed by atoms with Crippen LogP contribution in [0.3, 0.4) is 0 Å². The van der Waals surface area contributed by atoms with Crippen LogP contribution in [-0.4, -0.2) is 46.2 Å². The number of likely N-dealkylation sites (tertiary alicyclic amines) is 1. The minimum absolute atomic E-state index is 0.0000405. The zero-order valence-electron chi connectivity index (χ0n) is 15.2. The van der Waals surface area contributed by atoms with Crippen LogP contribution in [0.5, 0.6) is 0 Å². The van der Waals surface area contributed by atoms with Crippen molar-refractivity contribution in [2.24, 2.45) is 0 Å². The Bertz CT molecular complexity index is 688. The molecule has 2 aromatic rings. The summed E-state index contributed by atoms with van der Waals surface area (Å²) in [5.41, 5.74) is 1.02. The van der Waals surface area contributed by atoms with Gasteiger partial charge >= 0.3 is 0 Å². The summed E-state index contributed by atoms with van der Waals surface area (Å²) >= 11 is 0. The van der Waals surface area contributed by atoms with Crippen LogP contribution in [0.25, 0.3) is 0 Å². The number of hydrogen-bond acceptors (Lipinski definition) is 3. The van der Waals surface area contributed by atoms with Gasteiger partial charge in [-0.05, 0) is 43.4 Å². The number of aryl methyl sites for hydroxylation is 1. The van der Waals surface area contributed by atoms with E-state index < -0.39 is 0 Å². The average Bonchev–Trinajstić information content (AvgIpc) is 3.17. The van der Waals surface area contributed by atoms with E-state index in [9.17, 15) is 9.18 Å². The molecule has 1 saturated heterocycles. The molecule has 2 heterocycles. The van der Waals surface area contributed by atoms with Crippen molar-refractivity contribution >= 4 is 5.91 Å². The van der Waals surface area contributed by atoms with E-state index in [0.717, 1.165) is 37.9 Å². The highest BCUT2D eigenvalue weighted by molar-refractivity contribution is 5.76. The molecule has 1 amide bonds. The van der Waals surface area contributed by atoms with Crippen molar-refractivity contribution in [1.82, 2.24) is 14.5 Å². The fraction of sp³-hybridized carbons (Fsp3) is 0.500. The molecule has 0 unspecified atom stereocenters. The molecule has 6 heteroatoms. The Balaban J connectivity index is 1.63. The molecule has 0 radical (unpaired) electrons. The molecule has 1 aromatic heterocycles. The number of rotatable bonds is 7. The predicted molar refractivity (Wildman–Crippen MR) is 97.1 cm³/mol. The molecule has 26 heavy (non-hydrogen) atoms. The lowest BCUT2D eigenvalue weighted by molar-refractivity contribution is -0.139. The van der Waals surface area contributed by atoms with Gasteiger partial charge in [0.25, 0.3) is 0 Å². The van der Waals surface area contributed by atoms with E-state index in [-0.39, 0.29) is 23.9 Å². The number of benzene rings is 1. The van der Waals surface area contributed by atoms with E-state index in [4.69, 9.17) is 4.74 Å². The summed E-state index contributed by atoms with van der Waals surface area (Å²) in [6.07, 6.45) is 9.31. The second-order valence-electron chi connectivity index (χ2n) is 6.81. The number of carbonyl (C=O) groups is 1. The van der Waals surface area contributed by atoms with E-state index in [1.807, 2.05) is 15.7 Å². The van der Waals surface area contributed by atoms with Gasteiger partial charge in [0.15, 0.2) is 0 Å². The predicted octanol–water partition coefficient (Wildman–Crippen LogP) is 3.05. The molecule has 1 aromatic carbocycles. The zero-order chi connectivity index (χ0) is 18.4. The van der Waals surface area contributed by atoms with Crippen molar-refractivity contribution in [3.63, 3.8) is 0 Å². The van der Waals surface area contributed by atoms with E-state index >= 15 is 0 Å². The van der Waals surface area contributed by atoms with E-state index in [0.29, 0.717) is 12.8 Å². The maximum absolute atomic E-state index is 13.2. The number of hydrogen-bond donors (Lipinski definition) is 0. The number of carbonyl (C=O) groups excluding carboxylic acids is 1. The SMILES string of the molecule is CO[C@H]1CCCN(C(=O)CCCn2ccnc2)[C@H]1Cc1ccc(F)cc1. The normalized spacial score (nSPS) is 20.3. The fourth-order valence-corrected chi connectivity index (χ4v) is 3.69. The lowest BCUT2D eigenvalue weighted by atomic mass is 9.92. The van der Waals surface area contributed by atoms with Gasteiger partial charge < -0.3 is 14.2 Å². The maximum atomic E-state index is 13.2. The Morgan fingerprint density at radius 1 is 1.35 bits per heavy atom. The standard InChI is InChI=1S/C20H26FN3O2/c1-26-19-4-2-12-24(18(19)14-16-6-8-17(21)9-7-16)20(25)5-3-11-23-13-10-22-15-23/h6-10,13,15,18-19H,2-5,11-12,14H2,1H3/t18-,19-/m0/s1. The largest absolute Gasteiger partial charge is 0.379 e. The number of aromatic nitrogens is 2.